The van der Waals surface area contributed by atoms with E-state index in [9.17, 15) is 0 Å². The lowest BCUT2D eigenvalue weighted by Gasteiger charge is -2.21. The fraction of sp³-hybridized carbons (Fsp3) is 1.00. The Morgan fingerprint density at radius 3 is 2.47 bits per heavy atom. The van der Waals surface area contributed by atoms with E-state index in [0.717, 1.165) is 32.5 Å². The van der Waals surface area contributed by atoms with E-state index in [1.54, 1.807) is 0 Å². The van der Waals surface area contributed by atoms with Gasteiger partial charge < -0.3 is 20.1 Å². The maximum Gasteiger partial charge on any atom is 0.158 e. The number of ether oxygens (including phenoxy) is 2. The summed E-state index contributed by atoms with van der Waals surface area (Å²) in [5.74, 6) is 0. The molecule has 15 heavy (non-hydrogen) atoms. The zero-order valence-corrected chi connectivity index (χ0v) is 9.95. The van der Waals surface area contributed by atoms with Gasteiger partial charge in [0.2, 0.25) is 0 Å². The van der Waals surface area contributed by atoms with E-state index in [2.05, 4.69) is 4.90 Å². The maximum atomic E-state index is 5.84. The minimum absolute atomic E-state index is 0.0446. The zero-order chi connectivity index (χ0) is 11.1. The van der Waals surface area contributed by atoms with Crippen molar-refractivity contribution >= 4 is 0 Å². The third-order valence-electron chi connectivity index (χ3n) is 2.69. The van der Waals surface area contributed by atoms with Gasteiger partial charge in [0.05, 0.1) is 0 Å². The second-order valence-electron chi connectivity index (χ2n) is 3.98. The molecule has 1 unspecified atom stereocenters. The minimum atomic E-state index is -0.0446. The fourth-order valence-corrected chi connectivity index (χ4v) is 1.94. The van der Waals surface area contributed by atoms with Gasteiger partial charge in [-0.1, -0.05) is 0 Å². The SMILES string of the molecule is CCOC(CCN1CCC(N)C1)OCC. The van der Waals surface area contributed by atoms with Crippen LogP contribution in [0.4, 0.5) is 0 Å². The summed E-state index contributed by atoms with van der Waals surface area (Å²) in [6.45, 7) is 8.58. The lowest BCUT2D eigenvalue weighted by atomic mass is 10.3. The standard InChI is InChI=1S/C11H24N2O2/c1-3-14-11(15-4-2)6-8-13-7-5-10(12)9-13/h10-11H,3-9,12H2,1-2H3. The largest absolute Gasteiger partial charge is 0.353 e. The van der Waals surface area contributed by atoms with E-state index in [0.29, 0.717) is 19.3 Å². The summed E-state index contributed by atoms with van der Waals surface area (Å²) in [5, 5.41) is 0. The average molecular weight is 216 g/mol. The van der Waals surface area contributed by atoms with Crippen molar-refractivity contribution < 1.29 is 9.47 Å². The van der Waals surface area contributed by atoms with Crippen molar-refractivity contribution in [3.8, 4) is 0 Å². The van der Waals surface area contributed by atoms with Crippen molar-refractivity contribution in [1.82, 2.24) is 4.90 Å². The molecule has 0 aromatic heterocycles. The first-order valence-electron chi connectivity index (χ1n) is 5.97. The zero-order valence-electron chi connectivity index (χ0n) is 9.95. The van der Waals surface area contributed by atoms with Gasteiger partial charge in [0.1, 0.15) is 0 Å². The van der Waals surface area contributed by atoms with E-state index < -0.39 is 0 Å². The summed E-state index contributed by atoms with van der Waals surface area (Å²) >= 11 is 0. The topological polar surface area (TPSA) is 47.7 Å². The van der Waals surface area contributed by atoms with Gasteiger partial charge in [-0.15, -0.1) is 0 Å². The van der Waals surface area contributed by atoms with Crippen molar-refractivity contribution in [3.63, 3.8) is 0 Å². The van der Waals surface area contributed by atoms with Crippen LogP contribution in [-0.2, 0) is 9.47 Å². The second kappa shape index (κ2) is 7.17. The first-order valence-corrected chi connectivity index (χ1v) is 5.97. The summed E-state index contributed by atoms with van der Waals surface area (Å²) in [4.78, 5) is 2.38. The molecule has 1 aliphatic rings. The third kappa shape index (κ3) is 4.93. The molecule has 4 nitrogen and oxygen atoms in total. The quantitative estimate of drug-likeness (QED) is 0.640. The highest BCUT2D eigenvalue weighted by molar-refractivity contribution is 4.77. The number of likely N-dealkylation sites (tertiary alicyclic amines) is 1. The van der Waals surface area contributed by atoms with Crippen molar-refractivity contribution in [2.24, 2.45) is 5.73 Å². The van der Waals surface area contributed by atoms with Crippen LogP contribution in [0.2, 0.25) is 0 Å². The summed E-state index contributed by atoms with van der Waals surface area (Å²) < 4.78 is 11.0. The smallest absolute Gasteiger partial charge is 0.158 e. The van der Waals surface area contributed by atoms with Crippen molar-refractivity contribution in [3.05, 3.63) is 0 Å². The molecule has 0 spiro atoms. The Morgan fingerprint density at radius 1 is 1.33 bits per heavy atom. The van der Waals surface area contributed by atoms with Crippen LogP contribution in [0.25, 0.3) is 0 Å². The van der Waals surface area contributed by atoms with Crippen LogP contribution < -0.4 is 5.73 Å². The predicted octanol–water partition coefficient (Wildman–Crippen LogP) is 0.809. The van der Waals surface area contributed by atoms with E-state index in [1.807, 2.05) is 13.8 Å². The molecule has 0 aromatic carbocycles. The van der Waals surface area contributed by atoms with Crippen LogP contribution in [0.15, 0.2) is 0 Å². The molecular weight excluding hydrogens is 192 g/mol. The van der Waals surface area contributed by atoms with Crippen LogP contribution in [0.3, 0.4) is 0 Å². The van der Waals surface area contributed by atoms with Crippen LogP contribution >= 0.6 is 0 Å². The molecule has 0 aromatic rings. The Hall–Kier alpha value is -0.160. The predicted molar refractivity (Wildman–Crippen MR) is 60.7 cm³/mol. The average Bonchev–Trinajstić information content (AvgIpc) is 2.61. The van der Waals surface area contributed by atoms with E-state index in [4.69, 9.17) is 15.2 Å². The minimum Gasteiger partial charge on any atom is -0.353 e. The molecule has 1 heterocycles. The normalized spacial score (nSPS) is 22.8. The fourth-order valence-electron chi connectivity index (χ4n) is 1.94. The second-order valence-corrected chi connectivity index (χ2v) is 3.98. The van der Waals surface area contributed by atoms with Gasteiger partial charge >= 0.3 is 0 Å². The van der Waals surface area contributed by atoms with Crippen molar-refractivity contribution in [2.45, 2.75) is 39.0 Å². The molecular formula is C11H24N2O2. The highest BCUT2D eigenvalue weighted by Crippen LogP contribution is 2.09. The van der Waals surface area contributed by atoms with Gasteiger partial charge in [-0.05, 0) is 26.8 Å². The molecule has 0 amide bonds. The van der Waals surface area contributed by atoms with Crippen LogP contribution in [-0.4, -0.2) is 50.1 Å². The van der Waals surface area contributed by atoms with E-state index >= 15 is 0 Å². The lowest BCUT2D eigenvalue weighted by Crippen LogP contribution is -2.30. The first kappa shape index (κ1) is 12.9. The summed E-state index contributed by atoms with van der Waals surface area (Å²) in [6, 6.07) is 0.364. The van der Waals surface area contributed by atoms with Gasteiger partial charge in [-0.25, -0.2) is 0 Å². The molecule has 1 fully saturated rings. The molecule has 0 radical (unpaired) electrons. The Morgan fingerprint density at radius 2 is 2.00 bits per heavy atom. The van der Waals surface area contributed by atoms with Gasteiger partial charge in [-0.2, -0.15) is 0 Å². The summed E-state index contributed by atoms with van der Waals surface area (Å²) in [5.41, 5.74) is 5.84. The van der Waals surface area contributed by atoms with Crippen molar-refractivity contribution in [2.75, 3.05) is 32.8 Å². The number of hydrogen-bond donors (Lipinski definition) is 1. The Balaban J connectivity index is 2.15. The lowest BCUT2D eigenvalue weighted by molar-refractivity contribution is -0.141. The van der Waals surface area contributed by atoms with Crippen LogP contribution in [0, 0.1) is 0 Å². The van der Waals surface area contributed by atoms with Gasteiger partial charge in [0, 0.05) is 38.8 Å². The molecule has 0 aliphatic carbocycles. The van der Waals surface area contributed by atoms with Crippen LogP contribution in [0.5, 0.6) is 0 Å². The summed E-state index contributed by atoms with van der Waals surface area (Å²) in [6.07, 6.45) is 2.01. The third-order valence-corrected chi connectivity index (χ3v) is 2.69. The maximum absolute atomic E-state index is 5.84. The Kier molecular flexibility index (Phi) is 6.17. The molecule has 0 bridgehead atoms. The molecule has 1 rings (SSSR count). The molecule has 1 aliphatic heterocycles. The number of hydrogen-bond acceptors (Lipinski definition) is 4. The molecule has 1 saturated heterocycles. The summed E-state index contributed by atoms with van der Waals surface area (Å²) in [7, 11) is 0. The van der Waals surface area contributed by atoms with Crippen molar-refractivity contribution in [1.29, 1.82) is 0 Å². The van der Waals surface area contributed by atoms with Gasteiger partial charge in [0.25, 0.3) is 0 Å². The van der Waals surface area contributed by atoms with E-state index in [1.165, 1.54) is 0 Å². The first-order chi connectivity index (χ1) is 7.26. The Labute approximate surface area is 92.7 Å². The number of rotatable bonds is 7. The van der Waals surface area contributed by atoms with Gasteiger partial charge in [-0.3, -0.25) is 0 Å². The molecule has 0 saturated carbocycles. The highest BCUT2D eigenvalue weighted by Gasteiger charge is 2.19. The highest BCUT2D eigenvalue weighted by atomic mass is 16.7. The number of nitrogens with zero attached hydrogens (tertiary/aromatic N) is 1. The van der Waals surface area contributed by atoms with E-state index in [-0.39, 0.29) is 6.29 Å². The molecule has 90 valence electrons. The molecule has 2 N–H and O–H groups in total. The Bertz CT molecular complexity index is 161. The van der Waals surface area contributed by atoms with Crippen LogP contribution in [0.1, 0.15) is 26.7 Å². The molecule has 4 heteroatoms. The monoisotopic (exact) mass is 216 g/mol. The number of nitrogens with two attached hydrogens (primary N) is 1. The molecule has 1 atom stereocenters. The van der Waals surface area contributed by atoms with Gasteiger partial charge in [0.15, 0.2) is 6.29 Å².